The number of benzene rings is 5. The number of aldehydes is 5. The summed E-state index contributed by atoms with van der Waals surface area (Å²) in [7, 11) is 3.94. The predicted molar refractivity (Wildman–Crippen MR) is 208 cm³/mol. The summed E-state index contributed by atoms with van der Waals surface area (Å²) in [5, 5.41) is 10.1. The molecule has 0 aromatic heterocycles. The zero-order valence-corrected chi connectivity index (χ0v) is 31.1. The Labute approximate surface area is 316 Å². The second-order valence-electron chi connectivity index (χ2n) is 11.0. The van der Waals surface area contributed by atoms with Crippen molar-refractivity contribution in [1.82, 2.24) is 0 Å². The molecule has 0 bridgehead atoms. The summed E-state index contributed by atoms with van der Waals surface area (Å²) in [4.78, 5) is 73.8. The van der Waals surface area contributed by atoms with Crippen LogP contribution in [0.2, 0.25) is 0 Å². The Bertz CT molecular complexity index is 1860. The topological polar surface area (TPSA) is 158 Å². The fraction of sp³-hybridized carbons (Fsp3) is 0.122. The number of hydrogen-bond donors (Lipinski definition) is 0. The first-order valence-corrected chi connectivity index (χ1v) is 16.6. The molecule has 0 N–H and O–H groups in total. The molecule has 0 unspecified atom stereocenters. The van der Waals surface area contributed by atoms with E-state index in [2.05, 4.69) is 15.9 Å². The molecule has 0 saturated carbocycles. The molecule has 5 aromatic rings. The number of carbonyl (C=O) groups excluding carboxylic acids is 6. The van der Waals surface area contributed by atoms with Gasteiger partial charge in [0, 0.05) is 64.2 Å². The van der Waals surface area contributed by atoms with Gasteiger partial charge >= 0.3 is 5.97 Å². The lowest BCUT2D eigenvalue weighted by Gasteiger charge is -2.11. The van der Waals surface area contributed by atoms with Gasteiger partial charge in [-0.05, 0) is 74.5 Å². The van der Waals surface area contributed by atoms with E-state index in [0.29, 0.717) is 28.5 Å². The number of rotatable bonds is 9. The molecular weight excluding hydrogens is 744 g/mol. The van der Waals surface area contributed by atoms with Crippen LogP contribution in [0.3, 0.4) is 0 Å². The zero-order chi connectivity index (χ0) is 39.6. The van der Waals surface area contributed by atoms with Crippen LogP contribution in [0.15, 0.2) is 132 Å². The molecule has 5 rings (SSSR count). The van der Waals surface area contributed by atoms with Crippen molar-refractivity contribution in [3.8, 4) is 0 Å². The summed E-state index contributed by atoms with van der Waals surface area (Å²) in [6.07, 6.45) is 3.75. The molecule has 0 heterocycles. The fourth-order valence-corrected chi connectivity index (χ4v) is 3.84. The molecule has 53 heavy (non-hydrogen) atoms. The third-order valence-electron chi connectivity index (χ3n) is 6.35. The molecule has 0 spiro atoms. The Balaban J connectivity index is 0.000000335. The van der Waals surface area contributed by atoms with Crippen LogP contribution in [-0.2, 0) is 4.74 Å². The highest BCUT2D eigenvalue weighted by molar-refractivity contribution is 9.10. The van der Waals surface area contributed by atoms with Crippen molar-refractivity contribution in [2.45, 2.75) is 20.0 Å². The number of non-ortho nitro benzene ring substituents is 1. The van der Waals surface area contributed by atoms with Crippen molar-refractivity contribution in [2.75, 3.05) is 19.0 Å². The maximum absolute atomic E-state index is 11.3. The van der Waals surface area contributed by atoms with E-state index in [1.807, 2.05) is 73.6 Å². The monoisotopic (exact) mass is 782 g/mol. The fourth-order valence-electron chi connectivity index (χ4n) is 3.58. The van der Waals surface area contributed by atoms with Crippen molar-refractivity contribution in [3.05, 3.63) is 175 Å². The highest BCUT2D eigenvalue weighted by atomic mass is 79.9. The smallest absolute Gasteiger partial charge is 0.338 e. The summed E-state index contributed by atoms with van der Waals surface area (Å²) in [6.45, 7) is 3.58. The lowest BCUT2D eigenvalue weighted by molar-refractivity contribution is -0.384. The molecule has 12 heteroatoms. The van der Waals surface area contributed by atoms with Gasteiger partial charge in [0.05, 0.1) is 16.6 Å². The van der Waals surface area contributed by atoms with Gasteiger partial charge in [-0.1, -0.05) is 70.5 Å². The predicted octanol–water partition coefficient (Wildman–Crippen LogP) is 8.80. The third-order valence-corrected chi connectivity index (χ3v) is 6.88. The van der Waals surface area contributed by atoms with Crippen molar-refractivity contribution in [1.29, 1.82) is 0 Å². The average Bonchev–Trinajstić information content (AvgIpc) is 3.19. The lowest BCUT2D eigenvalue weighted by atomic mass is 10.1. The van der Waals surface area contributed by atoms with Crippen LogP contribution in [0.5, 0.6) is 0 Å². The summed E-state index contributed by atoms with van der Waals surface area (Å²) in [5.74, 6) is -0.363. The minimum atomic E-state index is -0.505. The van der Waals surface area contributed by atoms with E-state index >= 15 is 0 Å². The molecule has 0 fully saturated rings. The van der Waals surface area contributed by atoms with Gasteiger partial charge in [0.25, 0.3) is 5.69 Å². The maximum Gasteiger partial charge on any atom is 0.338 e. The van der Waals surface area contributed by atoms with Crippen LogP contribution < -0.4 is 4.90 Å². The molecule has 0 radical (unpaired) electrons. The van der Waals surface area contributed by atoms with Gasteiger partial charge in [0.15, 0.2) is 0 Å². The lowest BCUT2D eigenvalue weighted by Crippen LogP contribution is -2.11. The Morgan fingerprint density at radius 2 is 0.962 bits per heavy atom. The molecular formula is C41H39BrN2O9. The zero-order valence-electron chi connectivity index (χ0n) is 29.5. The molecule has 5 aromatic carbocycles. The Morgan fingerprint density at radius 1 is 0.604 bits per heavy atom. The Kier molecular flexibility index (Phi) is 21.5. The second-order valence-corrected chi connectivity index (χ2v) is 11.9. The Morgan fingerprint density at radius 3 is 1.30 bits per heavy atom. The van der Waals surface area contributed by atoms with Crippen molar-refractivity contribution >= 4 is 64.7 Å². The van der Waals surface area contributed by atoms with E-state index in [1.54, 1.807) is 62.4 Å². The summed E-state index contributed by atoms with van der Waals surface area (Å²) < 4.78 is 5.98. The number of carbonyl (C=O) groups is 6. The number of nitro benzene ring substituents is 1. The van der Waals surface area contributed by atoms with E-state index < -0.39 is 4.92 Å². The van der Waals surface area contributed by atoms with Crippen LogP contribution in [0.4, 0.5) is 11.4 Å². The van der Waals surface area contributed by atoms with Gasteiger partial charge in [0.2, 0.25) is 0 Å². The van der Waals surface area contributed by atoms with Crippen LogP contribution in [0.25, 0.3) is 0 Å². The van der Waals surface area contributed by atoms with Crippen molar-refractivity contribution in [2.24, 2.45) is 0 Å². The van der Waals surface area contributed by atoms with Crippen molar-refractivity contribution < 1.29 is 38.4 Å². The molecule has 11 nitrogen and oxygen atoms in total. The van der Waals surface area contributed by atoms with Gasteiger partial charge in [-0.2, -0.15) is 0 Å². The summed E-state index contributed by atoms with van der Waals surface area (Å²) in [6, 6.07) is 35.5. The second kappa shape index (κ2) is 25.5. The van der Waals surface area contributed by atoms with Gasteiger partial charge in [0.1, 0.15) is 31.4 Å². The molecule has 274 valence electrons. The van der Waals surface area contributed by atoms with Gasteiger partial charge < -0.3 is 9.64 Å². The van der Waals surface area contributed by atoms with Crippen molar-refractivity contribution in [3.63, 3.8) is 0 Å². The van der Waals surface area contributed by atoms with E-state index in [1.165, 1.54) is 24.3 Å². The quantitative estimate of drug-likeness (QED) is 0.0612. The number of hydrogen-bond acceptors (Lipinski definition) is 10. The van der Waals surface area contributed by atoms with E-state index in [9.17, 15) is 38.9 Å². The van der Waals surface area contributed by atoms with E-state index in [0.717, 1.165) is 46.4 Å². The average molecular weight is 784 g/mol. The summed E-state index contributed by atoms with van der Waals surface area (Å²) in [5.41, 5.74) is 4.71. The number of halogens is 1. The number of nitro groups is 1. The third kappa shape index (κ3) is 19.0. The van der Waals surface area contributed by atoms with Crippen LogP contribution >= 0.6 is 15.9 Å². The van der Waals surface area contributed by atoms with E-state index in [4.69, 9.17) is 4.74 Å². The minimum absolute atomic E-state index is 0.00407. The number of nitrogens with zero attached hydrogens (tertiary/aromatic N) is 2. The molecule has 0 aliphatic heterocycles. The van der Waals surface area contributed by atoms with Gasteiger partial charge in [-0.3, -0.25) is 34.1 Å². The molecule has 0 atom stereocenters. The van der Waals surface area contributed by atoms with Crippen LogP contribution in [0, 0.1) is 10.1 Å². The van der Waals surface area contributed by atoms with Gasteiger partial charge in [-0.25, -0.2) is 4.79 Å². The van der Waals surface area contributed by atoms with Gasteiger partial charge in [-0.15, -0.1) is 0 Å². The molecule has 0 amide bonds. The number of anilines is 1. The van der Waals surface area contributed by atoms with E-state index in [-0.39, 0.29) is 17.8 Å². The first kappa shape index (κ1) is 44.6. The van der Waals surface area contributed by atoms with Crippen LogP contribution in [0.1, 0.15) is 76.0 Å². The largest absolute Gasteiger partial charge is 0.459 e. The first-order valence-electron chi connectivity index (χ1n) is 15.8. The molecule has 0 aliphatic carbocycles. The first-order chi connectivity index (χ1) is 25.4. The number of esters is 1. The maximum atomic E-state index is 11.3. The minimum Gasteiger partial charge on any atom is -0.459 e. The summed E-state index contributed by atoms with van der Waals surface area (Å²) >= 11 is 3.26. The molecule has 0 saturated heterocycles. The molecule has 0 aliphatic rings. The SMILES string of the molecule is CC(C)OC(=O)c1ccc(C=O)cc1.CN(C)c1ccc(C=O)cc1.O=Cc1ccc(Br)cc1.O=Cc1ccc([N+](=O)[O-])cc1.O=Cc1ccccc1. The normalized spacial score (nSPS) is 9.25. The number of ether oxygens (including phenoxy) is 1. The highest BCUT2D eigenvalue weighted by Crippen LogP contribution is 2.12. The van der Waals surface area contributed by atoms with Crippen LogP contribution in [-0.4, -0.2) is 62.5 Å². The Hall–Kier alpha value is -6.40. The standard InChI is InChI=1S/C11H12O3.C9H11NO.C7H5BrO.C7H5NO3.C7H6O/c1-8(2)14-11(13)10-5-3-9(7-12)4-6-10;1-10(2)9-5-3-8(7-11)4-6-9;8-7-3-1-6(5-9)2-4-7;9-5-6-1-3-7(4-2-6)8(10)11;8-6-7-4-2-1-3-5-7/h3-8H,1-2H3;3-7H,1-2H3;1-5H;1-5H;1-6H. The highest BCUT2D eigenvalue weighted by Gasteiger charge is 2.08.